The van der Waals surface area contributed by atoms with Crippen LogP contribution in [0.4, 0.5) is 0 Å². The third kappa shape index (κ3) is 12.9. The molecule has 0 aliphatic carbocycles. The first-order valence-electron chi connectivity index (χ1n) is 11.9. The molecule has 0 fully saturated rings. The zero-order valence-corrected chi connectivity index (χ0v) is 22.4. The van der Waals surface area contributed by atoms with Crippen LogP contribution in [-0.2, 0) is 30.3 Å². The predicted octanol–water partition coefficient (Wildman–Crippen LogP) is -2.57. The van der Waals surface area contributed by atoms with Crippen molar-refractivity contribution >= 4 is 23.7 Å². The highest BCUT2D eigenvalue weighted by molar-refractivity contribution is 5.93. The molecule has 11 heteroatoms. The molecule has 0 heterocycles. The Balaban J connectivity index is 0.0000130. The minimum Gasteiger partial charge on any atom is -1.00 e. The smallest absolute Gasteiger partial charge is 0.328 e. The summed E-state index contributed by atoms with van der Waals surface area (Å²) in [7, 11) is 1.23. The molecule has 0 aromatic heterocycles. The molecule has 0 aliphatic rings. The largest absolute Gasteiger partial charge is 1.00 e. The normalized spacial score (nSPS) is 12.5. The van der Waals surface area contributed by atoms with Crippen molar-refractivity contribution in [2.45, 2.75) is 57.2 Å². The van der Waals surface area contributed by atoms with E-state index in [4.69, 9.17) is 9.47 Å². The van der Waals surface area contributed by atoms with Gasteiger partial charge in [-0.05, 0) is 43.4 Å². The van der Waals surface area contributed by atoms with E-state index >= 15 is 0 Å². The van der Waals surface area contributed by atoms with E-state index in [-0.39, 0.29) is 31.2 Å². The van der Waals surface area contributed by atoms with Gasteiger partial charge in [-0.2, -0.15) is 0 Å². The number of hydrogen-bond acceptors (Lipinski definition) is 6. The fourth-order valence-electron chi connectivity index (χ4n) is 3.43. The van der Waals surface area contributed by atoms with Crippen LogP contribution in [-0.4, -0.2) is 62.1 Å². The van der Waals surface area contributed by atoms with Crippen molar-refractivity contribution in [2.75, 3.05) is 20.3 Å². The number of hydrogen-bond donors (Lipinski definition) is 4. The summed E-state index contributed by atoms with van der Waals surface area (Å²) in [6.07, 6.45) is 5.28. The predicted molar refractivity (Wildman–Crippen MR) is 136 cm³/mol. The second-order valence-electron chi connectivity index (χ2n) is 8.22. The van der Waals surface area contributed by atoms with Crippen LogP contribution in [0.1, 0.15) is 38.2 Å². The molecule has 1 aromatic carbocycles. The van der Waals surface area contributed by atoms with Crippen molar-refractivity contribution in [3.8, 4) is 5.75 Å². The maximum atomic E-state index is 13.2. The third-order valence-corrected chi connectivity index (χ3v) is 5.26. The van der Waals surface area contributed by atoms with Crippen LogP contribution in [0.15, 0.2) is 49.6 Å². The van der Waals surface area contributed by atoms with E-state index in [1.807, 2.05) is 0 Å². The molecular weight excluding hydrogens is 500 g/mol. The molecule has 3 amide bonds. The van der Waals surface area contributed by atoms with Crippen molar-refractivity contribution in [3.63, 3.8) is 0 Å². The Hall–Kier alpha value is -3.37. The average Bonchev–Trinajstić information content (AvgIpc) is 2.86. The fourth-order valence-corrected chi connectivity index (χ4v) is 3.43. The summed E-state index contributed by atoms with van der Waals surface area (Å²) in [6, 6.07) is 4.40. The fraction of sp³-hybridized carbons (Fsp3) is 0.462. The van der Waals surface area contributed by atoms with Crippen LogP contribution in [0.5, 0.6) is 5.75 Å². The number of unbranched alkanes of at least 4 members (excludes halogenated alkanes) is 1. The van der Waals surface area contributed by atoms with Gasteiger partial charge in [-0.15, -0.1) is 6.58 Å². The summed E-state index contributed by atoms with van der Waals surface area (Å²) in [5, 5.41) is 8.03. The molecule has 10 nitrogen and oxygen atoms in total. The molecule has 6 N–H and O–H groups in total. The Kier molecular flexibility index (Phi) is 17.1. The lowest BCUT2D eigenvalue weighted by atomic mass is 10.0. The van der Waals surface area contributed by atoms with Gasteiger partial charge in [0.1, 0.15) is 30.5 Å². The van der Waals surface area contributed by atoms with Gasteiger partial charge in [-0.25, -0.2) is 4.79 Å². The minimum absolute atomic E-state index is 0. The first-order chi connectivity index (χ1) is 17.2. The van der Waals surface area contributed by atoms with Crippen LogP contribution >= 0.6 is 0 Å². The van der Waals surface area contributed by atoms with Gasteiger partial charge >= 0.3 is 5.97 Å². The van der Waals surface area contributed by atoms with E-state index in [9.17, 15) is 19.2 Å². The topological polar surface area (TPSA) is 150 Å². The van der Waals surface area contributed by atoms with Gasteiger partial charge in [0.25, 0.3) is 0 Å². The van der Waals surface area contributed by atoms with Crippen LogP contribution in [0.2, 0.25) is 0 Å². The summed E-state index contributed by atoms with van der Waals surface area (Å²) < 4.78 is 10.2. The van der Waals surface area contributed by atoms with E-state index in [1.54, 1.807) is 30.3 Å². The van der Waals surface area contributed by atoms with Crippen molar-refractivity contribution in [3.05, 3.63) is 55.1 Å². The van der Waals surface area contributed by atoms with Gasteiger partial charge in [-0.3, -0.25) is 14.4 Å². The van der Waals surface area contributed by atoms with Gasteiger partial charge in [0, 0.05) is 13.3 Å². The number of carbonyl (C=O) groups excluding carboxylic acids is 4. The number of benzene rings is 1. The highest BCUT2D eigenvalue weighted by Crippen LogP contribution is 2.14. The van der Waals surface area contributed by atoms with Crippen LogP contribution in [0, 0.1) is 0 Å². The molecule has 3 atom stereocenters. The number of esters is 1. The van der Waals surface area contributed by atoms with Gasteiger partial charge < -0.3 is 43.6 Å². The number of ether oxygens (including phenoxy) is 2. The van der Waals surface area contributed by atoms with E-state index < -0.39 is 35.9 Å². The lowest BCUT2D eigenvalue weighted by Crippen LogP contribution is -3.00. The molecular formula is C26H39ClN4O6. The number of nitrogens with one attached hydrogen (secondary N) is 3. The maximum absolute atomic E-state index is 13.2. The summed E-state index contributed by atoms with van der Waals surface area (Å²) in [5.41, 5.74) is 4.60. The standard InChI is InChI=1S/C26H38N4O6.ClH/c1-5-9-22(26(34)35-4)30-24(32)21(10-7-8-15-27)29-25(33)23(28-18(3)31)17-19-11-13-20(14-12-19)36-16-6-2;/h5-6,11-14,21-23H,1-2,7-10,15-17,27H2,3-4H3,(H,28,31)(H,29,33)(H,30,32);1H/t21-,22+,23+;/m1./s1. The van der Waals surface area contributed by atoms with Gasteiger partial charge in [0.2, 0.25) is 17.7 Å². The zero-order chi connectivity index (χ0) is 26.9. The number of methoxy groups -OCH3 is 1. The van der Waals surface area contributed by atoms with Crippen LogP contribution < -0.4 is 38.8 Å². The molecule has 206 valence electrons. The minimum atomic E-state index is -0.916. The number of amides is 3. The second kappa shape index (κ2) is 18.8. The highest BCUT2D eigenvalue weighted by Gasteiger charge is 2.29. The Morgan fingerprint density at radius 1 is 0.946 bits per heavy atom. The number of halogens is 1. The number of quaternary nitrogens is 1. The summed E-state index contributed by atoms with van der Waals surface area (Å²) >= 11 is 0. The number of carbonyl (C=O) groups is 4. The second-order valence-corrected chi connectivity index (χ2v) is 8.22. The van der Waals surface area contributed by atoms with Crippen molar-refractivity contribution < 1.29 is 46.8 Å². The molecule has 0 spiro atoms. The molecule has 0 bridgehead atoms. The summed E-state index contributed by atoms with van der Waals surface area (Å²) in [6.45, 7) is 9.59. The lowest BCUT2D eigenvalue weighted by molar-refractivity contribution is -0.368. The van der Waals surface area contributed by atoms with E-state index in [0.717, 1.165) is 12.0 Å². The SMILES string of the molecule is C=CCOc1ccc(C[C@H](NC(C)=O)C(=O)N[C@H](CCCC[NH3+])C(=O)N[C@@H](CC=C)C(=O)OC)cc1.[Cl-]. The molecule has 0 saturated carbocycles. The molecule has 1 rings (SSSR count). The molecule has 0 aliphatic heterocycles. The average molecular weight is 539 g/mol. The first-order valence-corrected chi connectivity index (χ1v) is 11.9. The first kappa shape index (κ1) is 33.6. The zero-order valence-electron chi connectivity index (χ0n) is 21.6. The molecule has 0 unspecified atom stereocenters. The maximum Gasteiger partial charge on any atom is 0.328 e. The molecule has 0 radical (unpaired) electrons. The van der Waals surface area contributed by atoms with Crippen LogP contribution in [0.25, 0.3) is 0 Å². The van der Waals surface area contributed by atoms with Gasteiger partial charge in [0.05, 0.1) is 13.7 Å². The van der Waals surface area contributed by atoms with Crippen molar-refractivity contribution in [1.29, 1.82) is 0 Å². The Morgan fingerprint density at radius 2 is 1.57 bits per heavy atom. The Labute approximate surface area is 224 Å². The van der Waals surface area contributed by atoms with Gasteiger partial charge in [0.15, 0.2) is 0 Å². The van der Waals surface area contributed by atoms with E-state index in [0.29, 0.717) is 31.7 Å². The van der Waals surface area contributed by atoms with Crippen LogP contribution in [0.3, 0.4) is 0 Å². The Morgan fingerprint density at radius 3 is 2.11 bits per heavy atom. The monoisotopic (exact) mass is 538 g/mol. The summed E-state index contributed by atoms with van der Waals surface area (Å²) in [5.74, 6) is -1.36. The van der Waals surface area contributed by atoms with Crippen molar-refractivity contribution in [2.24, 2.45) is 0 Å². The van der Waals surface area contributed by atoms with Crippen molar-refractivity contribution in [1.82, 2.24) is 16.0 Å². The quantitative estimate of drug-likeness (QED) is 0.0972. The van der Waals surface area contributed by atoms with E-state index in [1.165, 1.54) is 20.1 Å². The Bertz CT molecular complexity index is 894. The molecule has 1 aromatic rings. The lowest BCUT2D eigenvalue weighted by Gasteiger charge is -2.24. The molecule has 37 heavy (non-hydrogen) atoms. The number of rotatable bonds is 17. The summed E-state index contributed by atoms with van der Waals surface area (Å²) in [4.78, 5) is 50.0. The third-order valence-electron chi connectivity index (χ3n) is 5.26. The van der Waals surface area contributed by atoms with E-state index in [2.05, 4.69) is 34.8 Å². The molecule has 0 saturated heterocycles. The van der Waals surface area contributed by atoms with Gasteiger partial charge in [-0.1, -0.05) is 30.9 Å². The highest BCUT2D eigenvalue weighted by atomic mass is 35.5.